The molecule has 20 heavy (non-hydrogen) atoms. The highest BCUT2D eigenvalue weighted by Crippen LogP contribution is 2.17. The number of benzene rings is 2. The molecule has 0 heterocycles. The van der Waals surface area contributed by atoms with Crippen LogP contribution in [0, 0.1) is 0 Å². The Balaban J connectivity index is 1.79. The second-order valence-electron chi connectivity index (χ2n) is 4.08. The summed E-state index contributed by atoms with van der Waals surface area (Å²) in [7, 11) is 0. The van der Waals surface area contributed by atoms with Gasteiger partial charge in [-0.25, -0.2) is 0 Å². The molecule has 0 unspecified atom stereocenters. The van der Waals surface area contributed by atoms with Gasteiger partial charge >= 0.3 is 0 Å². The molecular formula is C15H14BrNO3. The van der Waals surface area contributed by atoms with Gasteiger partial charge in [0, 0.05) is 4.47 Å². The monoisotopic (exact) mass is 335 g/mol. The van der Waals surface area contributed by atoms with E-state index < -0.39 is 0 Å². The number of para-hydroxylation sites is 1. The van der Waals surface area contributed by atoms with E-state index in [1.807, 2.05) is 24.3 Å². The zero-order valence-electron chi connectivity index (χ0n) is 10.7. The van der Waals surface area contributed by atoms with Gasteiger partial charge in [-0.1, -0.05) is 34.1 Å². The summed E-state index contributed by atoms with van der Waals surface area (Å²) in [5.41, 5.74) is 0.259. The number of carbonyl (C=O) groups is 1. The Hall–Kier alpha value is -2.01. The lowest BCUT2D eigenvalue weighted by Gasteiger charge is -2.08. The average Bonchev–Trinajstić information content (AvgIpc) is 2.44. The van der Waals surface area contributed by atoms with Crippen LogP contribution < -0.4 is 10.1 Å². The van der Waals surface area contributed by atoms with Gasteiger partial charge in [-0.05, 0) is 30.3 Å². The molecule has 0 aliphatic rings. The van der Waals surface area contributed by atoms with Gasteiger partial charge in [0.2, 0.25) is 0 Å². The Bertz CT molecular complexity index is 601. The Morgan fingerprint density at radius 2 is 2.00 bits per heavy atom. The predicted octanol–water partition coefficient (Wildman–Crippen LogP) is 2.96. The second kappa shape index (κ2) is 6.96. The minimum Gasteiger partial charge on any atom is -0.507 e. The molecule has 0 radical (unpaired) electrons. The number of hydrogen-bond donors (Lipinski definition) is 2. The van der Waals surface area contributed by atoms with Crippen LogP contribution in [0.1, 0.15) is 10.4 Å². The fraction of sp³-hybridized carbons (Fsp3) is 0.133. The van der Waals surface area contributed by atoms with Gasteiger partial charge in [0.15, 0.2) is 0 Å². The Morgan fingerprint density at radius 1 is 1.20 bits per heavy atom. The van der Waals surface area contributed by atoms with E-state index in [-0.39, 0.29) is 17.2 Å². The van der Waals surface area contributed by atoms with Crippen LogP contribution in [0.5, 0.6) is 11.5 Å². The highest BCUT2D eigenvalue weighted by molar-refractivity contribution is 9.10. The minimum absolute atomic E-state index is 0.0297. The van der Waals surface area contributed by atoms with E-state index >= 15 is 0 Å². The van der Waals surface area contributed by atoms with Gasteiger partial charge in [-0.15, -0.1) is 0 Å². The van der Waals surface area contributed by atoms with Crippen molar-refractivity contribution in [1.82, 2.24) is 5.32 Å². The van der Waals surface area contributed by atoms with Gasteiger partial charge in [-0.3, -0.25) is 4.79 Å². The molecule has 0 saturated carbocycles. The molecule has 2 N–H and O–H groups in total. The molecule has 0 atom stereocenters. The van der Waals surface area contributed by atoms with Crippen LogP contribution in [0.3, 0.4) is 0 Å². The molecule has 0 fully saturated rings. The Labute approximate surface area is 125 Å². The minimum atomic E-state index is -0.319. The average molecular weight is 336 g/mol. The van der Waals surface area contributed by atoms with Crippen LogP contribution in [-0.4, -0.2) is 24.2 Å². The normalized spacial score (nSPS) is 10.1. The summed E-state index contributed by atoms with van der Waals surface area (Å²) in [5, 5.41) is 12.2. The highest BCUT2D eigenvalue weighted by Gasteiger charge is 2.08. The van der Waals surface area contributed by atoms with Crippen molar-refractivity contribution in [2.75, 3.05) is 13.2 Å². The zero-order chi connectivity index (χ0) is 14.4. The fourth-order valence-corrected chi connectivity index (χ4v) is 2.03. The van der Waals surface area contributed by atoms with Crippen LogP contribution in [0.2, 0.25) is 0 Å². The van der Waals surface area contributed by atoms with Crippen molar-refractivity contribution in [3.63, 3.8) is 0 Å². The summed E-state index contributed by atoms with van der Waals surface area (Å²) in [6.07, 6.45) is 0. The van der Waals surface area contributed by atoms with Crippen molar-refractivity contribution in [1.29, 1.82) is 0 Å². The van der Waals surface area contributed by atoms with Gasteiger partial charge in [0.25, 0.3) is 5.91 Å². The fourth-order valence-electron chi connectivity index (χ4n) is 1.65. The third kappa shape index (κ3) is 3.99. The number of nitrogens with one attached hydrogen (secondary N) is 1. The highest BCUT2D eigenvalue weighted by atomic mass is 79.9. The lowest BCUT2D eigenvalue weighted by atomic mass is 10.2. The van der Waals surface area contributed by atoms with E-state index in [0.29, 0.717) is 13.2 Å². The summed E-state index contributed by atoms with van der Waals surface area (Å²) in [4.78, 5) is 11.8. The number of carbonyl (C=O) groups excluding carboxylic acids is 1. The van der Waals surface area contributed by atoms with Crippen LogP contribution in [0.25, 0.3) is 0 Å². The molecule has 104 valence electrons. The molecule has 0 saturated heterocycles. The maximum absolute atomic E-state index is 11.8. The molecule has 0 bridgehead atoms. The number of rotatable bonds is 5. The molecule has 2 aromatic carbocycles. The molecule has 5 heteroatoms. The Kier molecular flexibility index (Phi) is 5.01. The van der Waals surface area contributed by atoms with E-state index in [2.05, 4.69) is 21.2 Å². The molecule has 4 nitrogen and oxygen atoms in total. The number of phenolic OH excluding ortho intramolecular Hbond substituents is 1. The number of hydrogen-bond acceptors (Lipinski definition) is 3. The molecule has 0 spiro atoms. The number of amides is 1. The lowest BCUT2D eigenvalue weighted by Crippen LogP contribution is -2.28. The Morgan fingerprint density at radius 3 is 2.75 bits per heavy atom. The molecule has 0 aromatic heterocycles. The third-order valence-electron chi connectivity index (χ3n) is 2.60. The van der Waals surface area contributed by atoms with E-state index in [0.717, 1.165) is 10.2 Å². The van der Waals surface area contributed by atoms with Gasteiger partial charge < -0.3 is 15.2 Å². The first-order valence-corrected chi connectivity index (χ1v) is 6.90. The first-order chi connectivity index (χ1) is 9.66. The van der Waals surface area contributed by atoms with Crippen LogP contribution in [0.15, 0.2) is 53.0 Å². The lowest BCUT2D eigenvalue weighted by molar-refractivity contribution is 0.0944. The van der Waals surface area contributed by atoms with Gasteiger partial charge in [-0.2, -0.15) is 0 Å². The zero-order valence-corrected chi connectivity index (χ0v) is 12.3. The number of aromatic hydroxyl groups is 1. The standard InChI is InChI=1S/C15H14BrNO3/c16-11-4-3-5-12(10-11)20-9-8-17-15(19)13-6-1-2-7-14(13)18/h1-7,10,18H,8-9H2,(H,17,19). The molecule has 2 rings (SSSR count). The van der Waals surface area contributed by atoms with Crippen molar-refractivity contribution in [2.24, 2.45) is 0 Å². The summed E-state index contributed by atoms with van der Waals surface area (Å²) in [6, 6.07) is 13.9. The quantitative estimate of drug-likeness (QED) is 0.826. The molecule has 0 aliphatic carbocycles. The summed E-state index contributed by atoms with van der Waals surface area (Å²) >= 11 is 3.36. The summed E-state index contributed by atoms with van der Waals surface area (Å²) < 4.78 is 6.43. The number of ether oxygens (including phenoxy) is 1. The van der Waals surface area contributed by atoms with Crippen molar-refractivity contribution < 1.29 is 14.6 Å². The van der Waals surface area contributed by atoms with E-state index in [9.17, 15) is 9.90 Å². The first kappa shape index (κ1) is 14.4. The number of phenols is 1. The largest absolute Gasteiger partial charge is 0.507 e. The van der Waals surface area contributed by atoms with Crippen molar-refractivity contribution in [3.05, 3.63) is 58.6 Å². The summed E-state index contributed by atoms with van der Waals surface area (Å²) in [5.74, 6) is 0.384. The van der Waals surface area contributed by atoms with Crippen molar-refractivity contribution in [3.8, 4) is 11.5 Å². The van der Waals surface area contributed by atoms with Crippen molar-refractivity contribution in [2.45, 2.75) is 0 Å². The predicted molar refractivity (Wildman–Crippen MR) is 80.1 cm³/mol. The molecule has 0 aliphatic heterocycles. The SMILES string of the molecule is O=C(NCCOc1cccc(Br)c1)c1ccccc1O. The van der Waals surface area contributed by atoms with Crippen molar-refractivity contribution >= 4 is 21.8 Å². The van der Waals surface area contributed by atoms with Crippen LogP contribution in [-0.2, 0) is 0 Å². The van der Waals surface area contributed by atoms with E-state index in [4.69, 9.17) is 4.74 Å². The van der Waals surface area contributed by atoms with Crippen LogP contribution in [0.4, 0.5) is 0 Å². The van der Waals surface area contributed by atoms with Gasteiger partial charge in [0.1, 0.15) is 18.1 Å². The molecule has 2 aromatic rings. The maximum atomic E-state index is 11.8. The van der Waals surface area contributed by atoms with Crippen LogP contribution >= 0.6 is 15.9 Å². The third-order valence-corrected chi connectivity index (χ3v) is 3.09. The van der Waals surface area contributed by atoms with Gasteiger partial charge in [0.05, 0.1) is 12.1 Å². The maximum Gasteiger partial charge on any atom is 0.255 e. The second-order valence-corrected chi connectivity index (χ2v) is 4.99. The molecule has 1 amide bonds. The number of halogens is 1. The van der Waals surface area contributed by atoms with E-state index in [1.165, 1.54) is 6.07 Å². The van der Waals surface area contributed by atoms with E-state index in [1.54, 1.807) is 18.2 Å². The topological polar surface area (TPSA) is 58.6 Å². The first-order valence-electron chi connectivity index (χ1n) is 6.11. The molecular weight excluding hydrogens is 322 g/mol. The summed E-state index contributed by atoms with van der Waals surface area (Å²) in [6.45, 7) is 0.718. The smallest absolute Gasteiger partial charge is 0.255 e.